The van der Waals surface area contributed by atoms with Gasteiger partial charge < -0.3 is 0 Å². The van der Waals surface area contributed by atoms with Gasteiger partial charge in [-0.2, -0.15) is 0 Å². The summed E-state index contributed by atoms with van der Waals surface area (Å²) in [5, 5.41) is 0. The highest BCUT2D eigenvalue weighted by Crippen LogP contribution is 2.35. The Kier molecular flexibility index (Phi) is 3.45. The van der Waals surface area contributed by atoms with E-state index in [1.807, 2.05) is 43.3 Å². The van der Waals surface area contributed by atoms with Crippen molar-refractivity contribution in [1.29, 1.82) is 0 Å². The lowest BCUT2D eigenvalue weighted by atomic mass is 9.79. The molecule has 2 aliphatic rings. The molecule has 0 saturated heterocycles. The van der Waals surface area contributed by atoms with Gasteiger partial charge in [-0.1, -0.05) is 24.3 Å². The first kappa shape index (κ1) is 13.1. The predicted molar refractivity (Wildman–Crippen MR) is 79.2 cm³/mol. The molecule has 0 bridgehead atoms. The fraction of sp³-hybridized carbons (Fsp3) is 0.353. The van der Waals surface area contributed by atoms with Crippen LogP contribution >= 0.6 is 0 Å². The summed E-state index contributed by atoms with van der Waals surface area (Å²) in [5.74, 6) is 0.0955. The molecule has 20 heavy (non-hydrogen) atoms. The van der Waals surface area contributed by atoms with Crippen molar-refractivity contribution in [3.63, 3.8) is 0 Å². The molecule has 0 amide bonds. The minimum Gasteiger partial charge on any atom is -0.291 e. The summed E-state index contributed by atoms with van der Waals surface area (Å²) in [7, 11) is 0. The maximum atomic E-state index is 12.6. The van der Waals surface area contributed by atoms with E-state index in [0.717, 1.165) is 30.5 Å². The molecule has 0 aromatic heterocycles. The minimum absolute atomic E-state index is 0.0955. The van der Waals surface area contributed by atoms with Gasteiger partial charge in [-0.25, -0.2) is 0 Å². The summed E-state index contributed by atoms with van der Waals surface area (Å²) in [5.41, 5.74) is 4.97. The van der Waals surface area contributed by atoms with Crippen LogP contribution in [0.1, 0.15) is 32.6 Å². The lowest BCUT2D eigenvalue weighted by molar-refractivity contribution is -0.130. The number of Topliss-reactive ketones (excluding diaryl/α,β-unsaturated/α-hetero) is 1. The topological polar surface area (TPSA) is 38.3 Å². The first-order chi connectivity index (χ1) is 9.69. The SMILES string of the molecule is CC1(ONc2ccccc2)C=CC2=C(CCCC2)C1=O. The van der Waals surface area contributed by atoms with Gasteiger partial charge in [-0.3, -0.25) is 15.1 Å². The third-order valence-corrected chi connectivity index (χ3v) is 3.99. The Balaban J connectivity index is 1.75. The molecule has 0 fully saturated rings. The second-order valence-corrected chi connectivity index (χ2v) is 5.55. The molecular weight excluding hydrogens is 250 g/mol. The minimum atomic E-state index is -0.911. The Hall–Kier alpha value is -1.87. The van der Waals surface area contributed by atoms with Crippen LogP contribution < -0.4 is 5.48 Å². The van der Waals surface area contributed by atoms with Crippen LogP contribution in [0.4, 0.5) is 5.69 Å². The zero-order valence-electron chi connectivity index (χ0n) is 11.7. The van der Waals surface area contributed by atoms with Gasteiger partial charge in [-0.05, 0) is 56.4 Å². The summed E-state index contributed by atoms with van der Waals surface area (Å²) in [6.07, 6.45) is 8.09. The first-order valence-corrected chi connectivity index (χ1v) is 7.14. The van der Waals surface area contributed by atoms with Crippen molar-refractivity contribution in [2.24, 2.45) is 0 Å². The van der Waals surface area contributed by atoms with Crippen LogP contribution in [0.3, 0.4) is 0 Å². The second-order valence-electron chi connectivity index (χ2n) is 5.55. The molecule has 3 rings (SSSR count). The highest BCUT2D eigenvalue weighted by Gasteiger charge is 2.38. The highest BCUT2D eigenvalue weighted by atomic mass is 16.7. The van der Waals surface area contributed by atoms with Crippen LogP contribution in [0.2, 0.25) is 0 Å². The number of benzene rings is 1. The smallest absolute Gasteiger partial charge is 0.197 e. The number of para-hydroxylation sites is 1. The molecule has 1 N–H and O–H groups in total. The predicted octanol–water partition coefficient (Wildman–Crippen LogP) is 3.80. The second kappa shape index (κ2) is 5.25. The number of hydrogen-bond donors (Lipinski definition) is 1. The average Bonchev–Trinajstić information content (AvgIpc) is 2.51. The van der Waals surface area contributed by atoms with Crippen molar-refractivity contribution in [3.8, 4) is 0 Å². The number of hydrogen-bond acceptors (Lipinski definition) is 3. The van der Waals surface area contributed by atoms with E-state index in [0.29, 0.717) is 0 Å². The molecule has 1 aromatic rings. The molecule has 3 heteroatoms. The van der Waals surface area contributed by atoms with E-state index < -0.39 is 5.60 Å². The molecule has 1 unspecified atom stereocenters. The lowest BCUT2D eigenvalue weighted by Gasteiger charge is -2.32. The van der Waals surface area contributed by atoms with Crippen molar-refractivity contribution in [2.45, 2.75) is 38.2 Å². The van der Waals surface area contributed by atoms with Gasteiger partial charge in [0.1, 0.15) is 0 Å². The Labute approximate surface area is 119 Å². The molecular formula is C17H19NO2. The Morgan fingerprint density at radius 3 is 2.70 bits per heavy atom. The van der Waals surface area contributed by atoms with E-state index in [1.165, 1.54) is 12.0 Å². The number of allylic oxidation sites excluding steroid dienone is 2. The van der Waals surface area contributed by atoms with Crippen molar-refractivity contribution < 1.29 is 9.63 Å². The van der Waals surface area contributed by atoms with Gasteiger partial charge in [-0.15, -0.1) is 0 Å². The fourth-order valence-electron chi connectivity index (χ4n) is 2.76. The molecule has 0 saturated carbocycles. The molecule has 0 aliphatic heterocycles. The number of carbonyl (C=O) groups is 1. The Morgan fingerprint density at radius 2 is 1.90 bits per heavy atom. The summed E-state index contributed by atoms with van der Waals surface area (Å²) in [6, 6.07) is 9.61. The van der Waals surface area contributed by atoms with E-state index in [4.69, 9.17) is 4.84 Å². The van der Waals surface area contributed by atoms with Crippen molar-refractivity contribution in [2.75, 3.05) is 5.48 Å². The zero-order valence-corrected chi connectivity index (χ0v) is 11.7. The molecule has 1 atom stereocenters. The monoisotopic (exact) mass is 269 g/mol. The summed E-state index contributed by atoms with van der Waals surface area (Å²) >= 11 is 0. The zero-order chi connectivity index (χ0) is 14.0. The third kappa shape index (κ3) is 2.41. The van der Waals surface area contributed by atoms with Crippen LogP contribution in [-0.4, -0.2) is 11.4 Å². The number of anilines is 1. The molecule has 0 spiro atoms. The summed E-state index contributed by atoms with van der Waals surface area (Å²) < 4.78 is 0. The highest BCUT2D eigenvalue weighted by molar-refractivity contribution is 6.05. The molecule has 104 valence electrons. The molecule has 0 radical (unpaired) electrons. The molecule has 3 nitrogen and oxygen atoms in total. The van der Waals surface area contributed by atoms with Gasteiger partial charge >= 0.3 is 0 Å². The first-order valence-electron chi connectivity index (χ1n) is 7.14. The van der Waals surface area contributed by atoms with E-state index in [1.54, 1.807) is 0 Å². The number of nitrogens with one attached hydrogen (secondary N) is 1. The third-order valence-electron chi connectivity index (χ3n) is 3.99. The van der Waals surface area contributed by atoms with Crippen molar-refractivity contribution in [1.82, 2.24) is 0 Å². The van der Waals surface area contributed by atoms with Gasteiger partial charge in [0, 0.05) is 5.57 Å². The molecule has 0 heterocycles. The summed E-state index contributed by atoms with van der Waals surface area (Å²) in [4.78, 5) is 18.3. The Bertz CT molecular complexity index is 574. The van der Waals surface area contributed by atoms with Crippen molar-refractivity contribution >= 4 is 11.5 Å². The molecule has 2 aliphatic carbocycles. The Morgan fingerprint density at radius 1 is 1.15 bits per heavy atom. The van der Waals surface area contributed by atoms with E-state index in [9.17, 15) is 4.79 Å². The maximum absolute atomic E-state index is 12.6. The molecule has 1 aromatic carbocycles. The van der Waals surface area contributed by atoms with Crippen LogP contribution in [0.5, 0.6) is 0 Å². The van der Waals surface area contributed by atoms with Crippen LogP contribution in [0, 0.1) is 0 Å². The van der Waals surface area contributed by atoms with Gasteiger partial charge in [0.2, 0.25) is 0 Å². The van der Waals surface area contributed by atoms with Crippen LogP contribution in [0.15, 0.2) is 53.6 Å². The van der Waals surface area contributed by atoms with Crippen molar-refractivity contribution in [3.05, 3.63) is 53.6 Å². The van der Waals surface area contributed by atoms with E-state index >= 15 is 0 Å². The maximum Gasteiger partial charge on any atom is 0.197 e. The number of rotatable bonds is 3. The van der Waals surface area contributed by atoms with E-state index in [2.05, 4.69) is 11.6 Å². The van der Waals surface area contributed by atoms with Crippen LogP contribution in [0.25, 0.3) is 0 Å². The standard InChI is InChI=1S/C17H19NO2/c1-17(20-18-14-8-3-2-4-9-14)12-11-13-7-5-6-10-15(13)16(17)19/h2-4,8-9,11-12,18H,5-7,10H2,1H3. The quantitative estimate of drug-likeness (QED) is 0.848. The average molecular weight is 269 g/mol. The normalized spacial score (nSPS) is 25.6. The number of carbonyl (C=O) groups excluding carboxylic acids is 1. The van der Waals surface area contributed by atoms with Gasteiger partial charge in [0.05, 0.1) is 5.69 Å². The number of ketones is 1. The van der Waals surface area contributed by atoms with E-state index in [-0.39, 0.29) is 5.78 Å². The lowest BCUT2D eigenvalue weighted by Crippen LogP contribution is -2.41. The van der Waals surface area contributed by atoms with Crippen LogP contribution in [-0.2, 0) is 9.63 Å². The van der Waals surface area contributed by atoms with Gasteiger partial charge in [0.15, 0.2) is 11.4 Å². The fourth-order valence-corrected chi connectivity index (χ4v) is 2.76. The van der Waals surface area contributed by atoms with Gasteiger partial charge in [0.25, 0.3) is 0 Å². The largest absolute Gasteiger partial charge is 0.291 e. The summed E-state index contributed by atoms with van der Waals surface area (Å²) in [6.45, 7) is 1.82.